The summed E-state index contributed by atoms with van der Waals surface area (Å²) < 4.78 is 7.52. The molecule has 1 unspecified atom stereocenters. The molecule has 0 amide bonds. The molecule has 20 heavy (non-hydrogen) atoms. The Hall–Kier alpha value is -1.81. The van der Waals surface area contributed by atoms with E-state index in [1.165, 1.54) is 11.3 Å². The normalized spacial score (nSPS) is 12.4. The first-order valence-electron chi connectivity index (χ1n) is 6.89. The lowest BCUT2D eigenvalue weighted by atomic mass is 10.1. The highest BCUT2D eigenvalue weighted by Crippen LogP contribution is 2.26. The maximum atomic E-state index is 5.46. The van der Waals surface area contributed by atoms with Crippen molar-refractivity contribution in [2.75, 3.05) is 14.2 Å². The van der Waals surface area contributed by atoms with Gasteiger partial charge < -0.3 is 10.1 Å². The fourth-order valence-corrected chi connectivity index (χ4v) is 2.44. The molecular formula is C16H23N3O. The van der Waals surface area contributed by atoms with Crippen LogP contribution < -0.4 is 10.1 Å². The molecule has 0 aliphatic rings. The Morgan fingerprint density at radius 2 is 1.95 bits per heavy atom. The number of rotatable bonds is 5. The topological polar surface area (TPSA) is 39.1 Å². The van der Waals surface area contributed by atoms with E-state index in [-0.39, 0.29) is 6.04 Å². The van der Waals surface area contributed by atoms with Crippen molar-refractivity contribution in [1.82, 2.24) is 15.1 Å². The van der Waals surface area contributed by atoms with Crippen molar-refractivity contribution in [1.29, 1.82) is 0 Å². The molecule has 4 heteroatoms. The summed E-state index contributed by atoms with van der Waals surface area (Å²) in [7, 11) is 3.68. The molecule has 0 bridgehead atoms. The highest BCUT2D eigenvalue weighted by Gasteiger charge is 2.17. The average Bonchev–Trinajstić information content (AvgIpc) is 2.72. The lowest BCUT2D eigenvalue weighted by Crippen LogP contribution is -2.23. The van der Waals surface area contributed by atoms with Crippen molar-refractivity contribution in [2.45, 2.75) is 33.4 Å². The minimum Gasteiger partial charge on any atom is -0.496 e. The molecule has 0 fully saturated rings. The predicted molar refractivity (Wildman–Crippen MR) is 81.2 cm³/mol. The van der Waals surface area contributed by atoms with Crippen molar-refractivity contribution >= 4 is 0 Å². The van der Waals surface area contributed by atoms with Gasteiger partial charge in [-0.25, -0.2) is 0 Å². The van der Waals surface area contributed by atoms with E-state index in [1.54, 1.807) is 7.11 Å². The highest BCUT2D eigenvalue weighted by atomic mass is 16.5. The van der Waals surface area contributed by atoms with E-state index in [4.69, 9.17) is 4.74 Å². The van der Waals surface area contributed by atoms with E-state index in [9.17, 15) is 0 Å². The third kappa shape index (κ3) is 2.70. The molecule has 1 N–H and O–H groups in total. The number of likely N-dealkylation sites (N-methyl/N-ethyl adjacent to an activating group) is 1. The van der Waals surface area contributed by atoms with Crippen LogP contribution >= 0.6 is 0 Å². The number of para-hydroxylation sites is 1. The van der Waals surface area contributed by atoms with Gasteiger partial charge in [0.25, 0.3) is 0 Å². The standard InChI is InChI=1S/C16H23N3O/c1-11-12(2)18-19(13(11)3)10-15(17-4)14-8-6-7-9-16(14)20-5/h6-9,15,17H,10H2,1-5H3. The molecule has 0 saturated heterocycles. The predicted octanol–water partition coefficient (Wildman–Crippen LogP) is 2.78. The number of ether oxygens (including phenoxy) is 1. The molecule has 0 radical (unpaired) electrons. The first-order chi connectivity index (χ1) is 9.58. The number of methoxy groups -OCH3 is 1. The van der Waals surface area contributed by atoms with Gasteiger partial charge in [0.05, 0.1) is 25.4 Å². The molecule has 4 nitrogen and oxygen atoms in total. The van der Waals surface area contributed by atoms with Gasteiger partial charge in [0.2, 0.25) is 0 Å². The molecule has 2 aromatic rings. The summed E-state index contributed by atoms with van der Waals surface area (Å²) in [4.78, 5) is 0. The molecule has 1 aromatic heterocycles. The number of aromatic nitrogens is 2. The minimum absolute atomic E-state index is 0.170. The Kier molecular flexibility index (Phi) is 4.45. The molecule has 1 atom stereocenters. The molecule has 1 aromatic carbocycles. The lowest BCUT2D eigenvalue weighted by molar-refractivity contribution is 0.389. The van der Waals surface area contributed by atoms with Gasteiger partial charge in [-0.3, -0.25) is 4.68 Å². The Bertz CT molecular complexity index is 589. The van der Waals surface area contributed by atoms with Crippen molar-refractivity contribution in [2.24, 2.45) is 0 Å². The van der Waals surface area contributed by atoms with Gasteiger partial charge in [0.1, 0.15) is 5.75 Å². The van der Waals surface area contributed by atoms with Crippen LogP contribution in [0.15, 0.2) is 24.3 Å². The van der Waals surface area contributed by atoms with Gasteiger partial charge in [0.15, 0.2) is 0 Å². The first kappa shape index (κ1) is 14.6. The SMILES string of the molecule is CNC(Cn1nc(C)c(C)c1C)c1ccccc1OC. The van der Waals surface area contributed by atoms with E-state index in [0.717, 1.165) is 23.6 Å². The van der Waals surface area contributed by atoms with Gasteiger partial charge in [-0.05, 0) is 39.4 Å². The van der Waals surface area contributed by atoms with Crippen LogP contribution in [0, 0.1) is 20.8 Å². The second kappa shape index (κ2) is 6.09. The van der Waals surface area contributed by atoms with Gasteiger partial charge in [-0.15, -0.1) is 0 Å². The second-order valence-corrected chi connectivity index (χ2v) is 5.06. The van der Waals surface area contributed by atoms with Crippen LogP contribution in [0.1, 0.15) is 28.6 Å². The van der Waals surface area contributed by atoms with Gasteiger partial charge in [-0.1, -0.05) is 18.2 Å². The zero-order valence-electron chi connectivity index (χ0n) is 12.9. The Morgan fingerprint density at radius 3 is 2.50 bits per heavy atom. The summed E-state index contributed by atoms with van der Waals surface area (Å²) in [6.07, 6.45) is 0. The minimum atomic E-state index is 0.170. The van der Waals surface area contributed by atoms with Crippen LogP contribution in [0.2, 0.25) is 0 Å². The first-order valence-corrected chi connectivity index (χ1v) is 6.89. The smallest absolute Gasteiger partial charge is 0.123 e. The summed E-state index contributed by atoms with van der Waals surface area (Å²) in [5.74, 6) is 0.908. The third-order valence-corrected chi connectivity index (χ3v) is 3.96. The van der Waals surface area contributed by atoms with Crippen LogP contribution in [0.4, 0.5) is 0 Å². The number of nitrogens with one attached hydrogen (secondary N) is 1. The fourth-order valence-electron chi connectivity index (χ4n) is 2.44. The van der Waals surface area contributed by atoms with Crippen molar-refractivity contribution < 1.29 is 4.74 Å². The molecule has 0 saturated carbocycles. The van der Waals surface area contributed by atoms with Crippen molar-refractivity contribution in [3.63, 3.8) is 0 Å². The molecule has 0 spiro atoms. The Labute approximate surface area is 120 Å². The quantitative estimate of drug-likeness (QED) is 0.910. The average molecular weight is 273 g/mol. The zero-order valence-corrected chi connectivity index (χ0v) is 12.9. The van der Waals surface area contributed by atoms with Crippen molar-refractivity contribution in [3.05, 3.63) is 46.8 Å². The number of benzene rings is 1. The Balaban J connectivity index is 2.31. The van der Waals surface area contributed by atoms with E-state index < -0.39 is 0 Å². The number of aryl methyl sites for hydroxylation is 1. The van der Waals surface area contributed by atoms with Crippen LogP contribution in [0.5, 0.6) is 5.75 Å². The summed E-state index contributed by atoms with van der Waals surface area (Å²) in [6.45, 7) is 7.07. The van der Waals surface area contributed by atoms with E-state index in [2.05, 4.69) is 41.9 Å². The van der Waals surface area contributed by atoms with Crippen LogP contribution in [0.3, 0.4) is 0 Å². The molecule has 1 heterocycles. The van der Waals surface area contributed by atoms with Gasteiger partial charge in [0, 0.05) is 11.3 Å². The summed E-state index contributed by atoms with van der Waals surface area (Å²) >= 11 is 0. The molecule has 0 aliphatic heterocycles. The number of hydrogen-bond donors (Lipinski definition) is 1. The molecule has 2 rings (SSSR count). The zero-order chi connectivity index (χ0) is 14.7. The second-order valence-electron chi connectivity index (χ2n) is 5.06. The van der Waals surface area contributed by atoms with Gasteiger partial charge in [-0.2, -0.15) is 5.10 Å². The summed E-state index contributed by atoms with van der Waals surface area (Å²) in [5, 5.41) is 7.97. The van der Waals surface area contributed by atoms with Crippen LogP contribution in [-0.4, -0.2) is 23.9 Å². The Morgan fingerprint density at radius 1 is 1.25 bits per heavy atom. The van der Waals surface area contributed by atoms with Crippen LogP contribution in [0.25, 0.3) is 0 Å². The van der Waals surface area contributed by atoms with E-state index in [0.29, 0.717) is 0 Å². The largest absolute Gasteiger partial charge is 0.496 e. The highest BCUT2D eigenvalue weighted by molar-refractivity contribution is 5.36. The monoisotopic (exact) mass is 273 g/mol. The van der Waals surface area contributed by atoms with Gasteiger partial charge >= 0.3 is 0 Å². The number of nitrogens with zero attached hydrogens (tertiary/aromatic N) is 2. The molecular weight excluding hydrogens is 250 g/mol. The van der Waals surface area contributed by atoms with E-state index >= 15 is 0 Å². The van der Waals surface area contributed by atoms with Crippen molar-refractivity contribution in [3.8, 4) is 5.75 Å². The maximum Gasteiger partial charge on any atom is 0.123 e. The molecule has 0 aliphatic carbocycles. The summed E-state index contributed by atoms with van der Waals surface area (Å²) in [6, 6.07) is 8.28. The number of hydrogen-bond acceptors (Lipinski definition) is 3. The maximum absolute atomic E-state index is 5.46. The lowest BCUT2D eigenvalue weighted by Gasteiger charge is -2.20. The van der Waals surface area contributed by atoms with E-state index in [1.807, 2.05) is 25.2 Å². The molecule has 108 valence electrons. The fraction of sp³-hybridized carbons (Fsp3) is 0.438. The van der Waals surface area contributed by atoms with Crippen LogP contribution in [-0.2, 0) is 6.54 Å². The summed E-state index contributed by atoms with van der Waals surface area (Å²) in [5.41, 5.74) is 4.73. The third-order valence-electron chi connectivity index (χ3n) is 3.96.